The summed E-state index contributed by atoms with van der Waals surface area (Å²) in [4.78, 5) is 26.5. The van der Waals surface area contributed by atoms with Crippen molar-refractivity contribution in [1.29, 1.82) is 0 Å². The molecule has 0 spiro atoms. The van der Waals surface area contributed by atoms with Gasteiger partial charge in [0, 0.05) is 37.1 Å². The summed E-state index contributed by atoms with van der Waals surface area (Å²) in [5.74, 6) is -0.201. The van der Waals surface area contributed by atoms with Gasteiger partial charge in [0.15, 0.2) is 11.5 Å². The van der Waals surface area contributed by atoms with Gasteiger partial charge in [-0.05, 0) is 36.2 Å². The van der Waals surface area contributed by atoms with E-state index in [1.807, 2.05) is 12.1 Å². The van der Waals surface area contributed by atoms with Crippen molar-refractivity contribution in [3.8, 4) is 11.5 Å². The lowest BCUT2D eigenvalue weighted by atomic mass is 10.1. The summed E-state index contributed by atoms with van der Waals surface area (Å²) in [7, 11) is 0. The Morgan fingerprint density at radius 2 is 1.60 bits per heavy atom. The Bertz CT molecular complexity index is 894. The molecule has 2 heterocycles. The van der Waals surface area contributed by atoms with Crippen LogP contribution in [-0.2, 0) is 20.7 Å². The molecule has 0 radical (unpaired) electrons. The van der Waals surface area contributed by atoms with E-state index < -0.39 is 11.8 Å². The molecule has 0 aromatic heterocycles. The average Bonchev–Trinajstić information content (AvgIpc) is 2.80. The molecule has 8 heteroatoms. The standard InChI is InChI=1S/C22H25N3O5/c26-21(22(27)24-17-3-6-19-20(15-17)30-14-13-29-19)23-8-7-16-1-4-18(5-2-16)25-9-11-28-12-10-25/h1-6,15H,7-14H2,(H,23,26)(H,24,27). The number of carbonyl (C=O) groups excluding carboxylic acids is 2. The van der Waals surface area contributed by atoms with Crippen LogP contribution in [0.1, 0.15) is 5.56 Å². The van der Waals surface area contributed by atoms with Crippen LogP contribution >= 0.6 is 0 Å². The van der Waals surface area contributed by atoms with E-state index in [1.54, 1.807) is 18.2 Å². The van der Waals surface area contributed by atoms with Crippen molar-refractivity contribution in [1.82, 2.24) is 5.32 Å². The van der Waals surface area contributed by atoms with E-state index in [0.717, 1.165) is 31.9 Å². The zero-order chi connectivity index (χ0) is 20.8. The quantitative estimate of drug-likeness (QED) is 0.727. The number of nitrogens with one attached hydrogen (secondary N) is 2. The highest BCUT2D eigenvalue weighted by atomic mass is 16.6. The fourth-order valence-electron chi connectivity index (χ4n) is 3.40. The first-order valence-corrected chi connectivity index (χ1v) is 10.1. The minimum absolute atomic E-state index is 0.379. The first-order chi connectivity index (χ1) is 14.7. The molecule has 158 valence electrons. The summed E-state index contributed by atoms with van der Waals surface area (Å²) in [5, 5.41) is 5.24. The van der Waals surface area contributed by atoms with Crippen LogP contribution in [0.4, 0.5) is 11.4 Å². The molecule has 2 N–H and O–H groups in total. The van der Waals surface area contributed by atoms with Gasteiger partial charge < -0.3 is 29.7 Å². The molecule has 4 rings (SSSR count). The lowest BCUT2D eigenvalue weighted by Crippen LogP contribution is -2.36. The highest BCUT2D eigenvalue weighted by Gasteiger charge is 2.16. The molecule has 2 aliphatic rings. The molecule has 8 nitrogen and oxygen atoms in total. The molecule has 1 fully saturated rings. The number of hydrogen-bond donors (Lipinski definition) is 2. The van der Waals surface area contributed by atoms with Crippen LogP contribution in [0.5, 0.6) is 11.5 Å². The number of ether oxygens (including phenoxy) is 3. The van der Waals surface area contributed by atoms with Gasteiger partial charge in [-0.2, -0.15) is 0 Å². The summed E-state index contributed by atoms with van der Waals surface area (Å²) < 4.78 is 16.3. The number of rotatable bonds is 5. The van der Waals surface area contributed by atoms with Crippen LogP contribution in [0.2, 0.25) is 0 Å². The van der Waals surface area contributed by atoms with Crippen molar-refractivity contribution in [2.75, 3.05) is 56.3 Å². The Labute approximate surface area is 175 Å². The summed E-state index contributed by atoms with van der Waals surface area (Å²) in [5.41, 5.74) is 2.75. The van der Waals surface area contributed by atoms with Crippen molar-refractivity contribution in [2.45, 2.75) is 6.42 Å². The molecular weight excluding hydrogens is 386 g/mol. The van der Waals surface area contributed by atoms with Crippen LogP contribution in [0.25, 0.3) is 0 Å². The van der Waals surface area contributed by atoms with E-state index in [1.165, 1.54) is 5.69 Å². The Kier molecular flexibility index (Phi) is 6.34. The lowest BCUT2D eigenvalue weighted by Gasteiger charge is -2.28. The monoisotopic (exact) mass is 411 g/mol. The van der Waals surface area contributed by atoms with Gasteiger partial charge >= 0.3 is 11.8 Å². The van der Waals surface area contributed by atoms with Crippen LogP contribution in [0.15, 0.2) is 42.5 Å². The van der Waals surface area contributed by atoms with Crippen LogP contribution < -0.4 is 25.0 Å². The SMILES string of the molecule is O=C(NCCc1ccc(N2CCOCC2)cc1)C(=O)Nc1ccc2c(c1)OCCO2. The van der Waals surface area contributed by atoms with Gasteiger partial charge in [0.1, 0.15) is 13.2 Å². The number of hydrogen-bond acceptors (Lipinski definition) is 6. The number of fused-ring (bicyclic) bond motifs is 1. The van der Waals surface area contributed by atoms with Crippen LogP contribution in [0.3, 0.4) is 0 Å². The molecule has 0 atom stereocenters. The Balaban J connectivity index is 1.23. The molecule has 0 saturated carbocycles. The minimum Gasteiger partial charge on any atom is -0.486 e. The highest BCUT2D eigenvalue weighted by molar-refractivity contribution is 6.39. The van der Waals surface area contributed by atoms with Crippen LogP contribution in [-0.4, -0.2) is 57.9 Å². The average molecular weight is 411 g/mol. The van der Waals surface area contributed by atoms with Gasteiger partial charge in [-0.3, -0.25) is 9.59 Å². The summed E-state index contributed by atoms with van der Waals surface area (Å²) in [6.45, 7) is 4.63. The molecule has 1 saturated heterocycles. The van der Waals surface area contributed by atoms with E-state index in [4.69, 9.17) is 14.2 Å². The number of benzene rings is 2. The summed E-state index contributed by atoms with van der Waals surface area (Å²) >= 11 is 0. The molecule has 0 aliphatic carbocycles. The molecule has 0 unspecified atom stereocenters. The predicted octanol–water partition coefficient (Wildman–Crippen LogP) is 1.59. The minimum atomic E-state index is -0.714. The second-order valence-corrected chi connectivity index (χ2v) is 7.08. The third kappa shape index (κ3) is 5.01. The molecule has 0 bridgehead atoms. The van der Waals surface area contributed by atoms with Gasteiger partial charge in [-0.1, -0.05) is 12.1 Å². The Morgan fingerprint density at radius 3 is 2.37 bits per heavy atom. The third-order valence-electron chi connectivity index (χ3n) is 5.02. The topological polar surface area (TPSA) is 89.1 Å². The van der Waals surface area contributed by atoms with E-state index in [2.05, 4.69) is 27.7 Å². The zero-order valence-electron chi connectivity index (χ0n) is 16.7. The first kappa shape index (κ1) is 20.0. The van der Waals surface area contributed by atoms with Crippen LogP contribution in [0, 0.1) is 0 Å². The van der Waals surface area contributed by atoms with Gasteiger partial charge in [0.2, 0.25) is 0 Å². The predicted molar refractivity (Wildman–Crippen MR) is 112 cm³/mol. The molecule has 2 aromatic carbocycles. The number of amides is 2. The maximum absolute atomic E-state index is 12.1. The molecule has 2 amide bonds. The van der Waals surface area contributed by atoms with Crippen molar-refractivity contribution >= 4 is 23.2 Å². The number of nitrogens with zero attached hydrogens (tertiary/aromatic N) is 1. The summed E-state index contributed by atoms with van der Waals surface area (Å²) in [6.07, 6.45) is 0.645. The maximum Gasteiger partial charge on any atom is 0.313 e. The van der Waals surface area contributed by atoms with Gasteiger partial charge in [0.25, 0.3) is 0 Å². The molecule has 30 heavy (non-hydrogen) atoms. The number of morpholine rings is 1. The van der Waals surface area contributed by atoms with Gasteiger partial charge in [-0.15, -0.1) is 0 Å². The normalized spacial score (nSPS) is 15.4. The van der Waals surface area contributed by atoms with Crippen molar-refractivity contribution < 1.29 is 23.8 Å². The van der Waals surface area contributed by atoms with E-state index in [-0.39, 0.29) is 0 Å². The summed E-state index contributed by atoms with van der Waals surface area (Å²) in [6, 6.07) is 13.3. The van der Waals surface area contributed by atoms with Gasteiger partial charge in [0.05, 0.1) is 13.2 Å². The Morgan fingerprint density at radius 1 is 0.867 bits per heavy atom. The van der Waals surface area contributed by atoms with Crippen molar-refractivity contribution in [3.05, 3.63) is 48.0 Å². The van der Waals surface area contributed by atoms with Crippen molar-refractivity contribution in [3.63, 3.8) is 0 Å². The highest BCUT2D eigenvalue weighted by Crippen LogP contribution is 2.32. The Hall–Kier alpha value is -3.26. The fraction of sp³-hybridized carbons (Fsp3) is 0.364. The maximum atomic E-state index is 12.1. The fourth-order valence-corrected chi connectivity index (χ4v) is 3.40. The smallest absolute Gasteiger partial charge is 0.313 e. The molecule has 2 aromatic rings. The first-order valence-electron chi connectivity index (χ1n) is 10.1. The molecular formula is C22H25N3O5. The second-order valence-electron chi connectivity index (χ2n) is 7.08. The zero-order valence-corrected chi connectivity index (χ0v) is 16.7. The second kappa shape index (κ2) is 9.49. The van der Waals surface area contributed by atoms with Crippen molar-refractivity contribution in [2.24, 2.45) is 0 Å². The lowest BCUT2D eigenvalue weighted by molar-refractivity contribution is -0.136. The largest absolute Gasteiger partial charge is 0.486 e. The number of carbonyl (C=O) groups is 2. The van der Waals surface area contributed by atoms with E-state index >= 15 is 0 Å². The van der Waals surface area contributed by atoms with E-state index in [9.17, 15) is 9.59 Å². The number of anilines is 2. The molecule has 2 aliphatic heterocycles. The van der Waals surface area contributed by atoms with E-state index in [0.29, 0.717) is 43.4 Å². The third-order valence-corrected chi connectivity index (χ3v) is 5.02. The van der Waals surface area contributed by atoms with Gasteiger partial charge in [-0.25, -0.2) is 0 Å².